The monoisotopic (exact) mass is 379 g/mol. The van der Waals surface area contributed by atoms with Crippen LogP contribution in [-0.2, 0) is 9.84 Å². The highest BCUT2D eigenvalue weighted by Crippen LogP contribution is 2.39. The second kappa shape index (κ2) is 6.52. The summed E-state index contributed by atoms with van der Waals surface area (Å²) in [6.45, 7) is 0. The molecule has 0 bridgehead atoms. The smallest absolute Gasteiger partial charge is 0.175 e. The molecule has 8 heteroatoms. The molecule has 1 saturated carbocycles. The lowest BCUT2D eigenvalue weighted by Gasteiger charge is -2.08. The van der Waals surface area contributed by atoms with Gasteiger partial charge in [-0.1, -0.05) is 5.92 Å². The average molecular weight is 379 g/mol. The lowest BCUT2D eigenvalue weighted by molar-refractivity contribution is 0.602. The summed E-state index contributed by atoms with van der Waals surface area (Å²) in [6.07, 6.45) is 10.6. The van der Waals surface area contributed by atoms with Crippen LogP contribution in [-0.4, -0.2) is 34.8 Å². The SMILES string of the molecule is C#Cc1cnc(-c2ccc(S(C)(=O)=O)cc2)nc1Nc1cc(C2CC2)[nH]n1. The van der Waals surface area contributed by atoms with E-state index in [-0.39, 0.29) is 4.90 Å². The first-order valence-electron chi connectivity index (χ1n) is 8.40. The molecule has 27 heavy (non-hydrogen) atoms. The number of aromatic nitrogens is 4. The predicted octanol–water partition coefficient (Wildman–Crippen LogP) is 2.87. The van der Waals surface area contributed by atoms with E-state index in [4.69, 9.17) is 6.42 Å². The number of benzene rings is 1. The van der Waals surface area contributed by atoms with Crippen LogP contribution in [0.25, 0.3) is 11.4 Å². The molecule has 1 aliphatic rings. The first-order chi connectivity index (χ1) is 12.9. The topological polar surface area (TPSA) is 101 Å². The Morgan fingerprint density at radius 1 is 1.26 bits per heavy atom. The van der Waals surface area contributed by atoms with Crippen molar-refractivity contribution in [2.45, 2.75) is 23.7 Å². The van der Waals surface area contributed by atoms with Gasteiger partial charge in [-0.2, -0.15) is 5.10 Å². The van der Waals surface area contributed by atoms with Crippen molar-refractivity contribution in [2.75, 3.05) is 11.6 Å². The number of hydrogen-bond acceptors (Lipinski definition) is 6. The fourth-order valence-electron chi connectivity index (χ4n) is 2.70. The minimum absolute atomic E-state index is 0.244. The van der Waals surface area contributed by atoms with Crippen LogP contribution in [0.1, 0.15) is 30.0 Å². The van der Waals surface area contributed by atoms with Crippen molar-refractivity contribution in [2.24, 2.45) is 0 Å². The number of sulfone groups is 1. The van der Waals surface area contributed by atoms with Gasteiger partial charge in [-0.15, -0.1) is 6.42 Å². The molecule has 0 unspecified atom stereocenters. The van der Waals surface area contributed by atoms with Gasteiger partial charge >= 0.3 is 0 Å². The predicted molar refractivity (Wildman–Crippen MR) is 102 cm³/mol. The van der Waals surface area contributed by atoms with Gasteiger partial charge < -0.3 is 5.32 Å². The van der Waals surface area contributed by atoms with Gasteiger partial charge in [0, 0.05) is 35.7 Å². The van der Waals surface area contributed by atoms with Crippen LogP contribution in [0.5, 0.6) is 0 Å². The molecule has 2 heterocycles. The number of aromatic amines is 1. The van der Waals surface area contributed by atoms with Crippen molar-refractivity contribution >= 4 is 21.5 Å². The molecule has 0 aliphatic heterocycles. The zero-order chi connectivity index (χ0) is 19.0. The molecule has 0 spiro atoms. The van der Waals surface area contributed by atoms with Gasteiger partial charge in [-0.05, 0) is 37.1 Å². The molecule has 0 amide bonds. The summed E-state index contributed by atoms with van der Waals surface area (Å²) in [5.74, 6) is 4.68. The number of H-pyrrole nitrogens is 1. The van der Waals surface area contributed by atoms with Crippen LogP contribution < -0.4 is 5.32 Å². The zero-order valence-corrected chi connectivity index (χ0v) is 15.4. The van der Waals surface area contributed by atoms with E-state index >= 15 is 0 Å². The molecule has 7 nitrogen and oxygen atoms in total. The van der Waals surface area contributed by atoms with E-state index in [1.807, 2.05) is 6.07 Å². The quantitative estimate of drug-likeness (QED) is 0.661. The van der Waals surface area contributed by atoms with Crippen molar-refractivity contribution in [3.05, 3.63) is 47.8 Å². The number of nitrogens with one attached hydrogen (secondary N) is 2. The van der Waals surface area contributed by atoms with Crippen LogP contribution in [0.4, 0.5) is 11.6 Å². The molecule has 4 rings (SSSR count). The normalized spacial score (nSPS) is 13.9. The van der Waals surface area contributed by atoms with Crippen molar-refractivity contribution in [3.8, 4) is 23.7 Å². The standard InChI is InChI=1S/C19H17N5O2S/c1-3-12-11-20-18(14-6-8-15(9-7-14)27(2,25)26)22-19(12)21-17-10-16(23-24-17)13-4-5-13/h1,6-11,13H,4-5H2,2H3,(H2,20,21,22,23,24). The van der Waals surface area contributed by atoms with Gasteiger partial charge in [0.15, 0.2) is 27.3 Å². The number of anilines is 2. The van der Waals surface area contributed by atoms with Gasteiger partial charge in [0.1, 0.15) is 0 Å². The molecule has 0 radical (unpaired) electrons. The highest BCUT2D eigenvalue weighted by atomic mass is 32.2. The van der Waals surface area contributed by atoms with E-state index in [1.54, 1.807) is 18.3 Å². The second-order valence-electron chi connectivity index (χ2n) is 6.50. The maximum Gasteiger partial charge on any atom is 0.175 e. The van der Waals surface area contributed by atoms with E-state index in [9.17, 15) is 8.42 Å². The molecule has 3 aromatic rings. The van der Waals surface area contributed by atoms with E-state index in [2.05, 4.69) is 31.4 Å². The molecule has 2 aromatic heterocycles. The lowest BCUT2D eigenvalue weighted by Crippen LogP contribution is -2.01. The molecule has 1 aliphatic carbocycles. The Kier molecular flexibility index (Phi) is 4.16. The number of hydrogen-bond donors (Lipinski definition) is 2. The fraction of sp³-hybridized carbons (Fsp3) is 0.211. The molecule has 0 saturated heterocycles. The summed E-state index contributed by atoms with van der Waals surface area (Å²) in [5, 5.41) is 10.4. The van der Waals surface area contributed by atoms with Gasteiger partial charge in [0.2, 0.25) is 0 Å². The summed E-state index contributed by atoms with van der Waals surface area (Å²) < 4.78 is 23.2. The summed E-state index contributed by atoms with van der Waals surface area (Å²) in [5.41, 5.74) is 2.31. The van der Waals surface area contributed by atoms with Gasteiger partial charge in [0.05, 0.1) is 10.5 Å². The van der Waals surface area contributed by atoms with E-state index < -0.39 is 9.84 Å². The molecular formula is C19H17N5O2S. The Hall–Kier alpha value is -3.18. The number of terminal acetylenes is 1. The number of rotatable bonds is 5. The third-order valence-electron chi connectivity index (χ3n) is 4.35. The second-order valence-corrected chi connectivity index (χ2v) is 8.52. The first-order valence-corrected chi connectivity index (χ1v) is 10.3. The lowest BCUT2D eigenvalue weighted by atomic mass is 10.2. The van der Waals surface area contributed by atoms with E-state index in [0.717, 1.165) is 5.69 Å². The average Bonchev–Trinajstić information content (AvgIpc) is 3.41. The molecule has 136 valence electrons. The minimum Gasteiger partial charge on any atom is -0.322 e. The highest BCUT2D eigenvalue weighted by molar-refractivity contribution is 7.90. The summed E-state index contributed by atoms with van der Waals surface area (Å²) in [6, 6.07) is 8.37. The molecule has 1 aromatic carbocycles. The third kappa shape index (κ3) is 3.68. The van der Waals surface area contributed by atoms with Crippen LogP contribution in [0.3, 0.4) is 0 Å². The first kappa shape index (κ1) is 17.2. The molecule has 0 atom stereocenters. The highest BCUT2D eigenvalue weighted by Gasteiger charge is 2.25. The van der Waals surface area contributed by atoms with Crippen molar-refractivity contribution < 1.29 is 8.42 Å². The third-order valence-corrected chi connectivity index (χ3v) is 5.47. The molecule has 1 fully saturated rings. The Labute approximate surface area is 157 Å². The van der Waals surface area contributed by atoms with Crippen LogP contribution in [0.2, 0.25) is 0 Å². The largest absolute Gasteiger partial charge is 0.322 e. The molecule has 2 N–H and O–H groups in total. The van der Waals surface area contributed by atoms with Gasteiger partial charge in [0.25, 0.3) is 0 Å². The maximum atomic E-state index is 11.6. The van der Waals surface area contributed by atoms with E-state index in [1.165, 1.54) is 31.2 Å². The number of nitrogens with zero attached hydrogens (tertiary/aromatic N) is 3. The van der Waals surface area contributed by atoms with Crippen LogP contribution in [0.15, 0.2) is 41.4 Å². The van der Waals surface area contributed by atoms with Gasteiger partial charge in [-0.3, -0.25) is 5.10 Å². The Morgan fingerprint density at radius 2 is 2.00 bits per heavy atom. The Bertz CT molecular complexity index is 1140. The summed E-state index contributed by atoms with van der Waals surface area (Å²) in [4.78, 5) is 9.03. The van der Waals surface area contributed by atoms with Gasteiger partial charge in [-0.25, -0.2) is 18.4 Å². The summed E-state index contributed by atoms with van der Waals surface area (Å²) >= 11 is 0. The van der Waals surface area contributed by atoms with Crippen LogP contribution >= 0.6 is 0 Å². The Morgan fingerprint density at radius 3 is 2.63 bits per heavy atom. The zero-order valence-electron chi connectivity index (χ0n) is 14.6. The van der Waals surface area contributed by atoms with E-state index in [0.29, 0.717) is 34.5 Å². The minimum atomic E-state index is -3.25. The van der Waals surface area contributed by atoms with Crippen molar-refractivity contribution in [3.63, 3.8) is 0 Å². The molecular weight excluding hydrogens is 362 g/mol. The maximum absolute atomic E-state index is 11.6. The van der Waals surface area contributed by atoms with Crippen molar-refractivity contribution in [1.82, 2.24) is 20.2 Å². The van der Waals surface area contributed by atoms with Crippen LogP contribution in [0, 0.1) is 12.3 Å². The Balaban J connectivity index is 1.64. The fourth-order valence-corrected chi connectivity index (χ4v) is 3.33. The summed E-state index contributed by atoms with van der Waals surface area (Å²) in [7, 11) is -3.25. The van der Waals surface area contributed by atoms with Crippen molar-refractivity contribution in [1.29, 1.82) is 0 Å².